The van der Waals surface area contributed by atoms with Crippen LogP contribution in [0.3, 0.4) is 0 Å². The minimum absolute atomic E-state index is 0.0739. The summed E-state index contributed by atoms with van der Waals surface area (Å²) in [7, 11) is 0. The molecular formula is C16H17NO. The molecule has 0 radical (unpaired) electrons. The number of nitrogens with two attached hydrogens (primary N) is 1. The van der Waals surface area contributed by atoms with Crippen molar-refractivity contribution in [2.45, 2.75) is 18.6 Å². The molecule has 0 spiro atoms. The lowest BCUT2D eigenvalue weighted by Gasteiger charge is -2.23. The quantitative estimate of drug-likeness (QED) is 0.846. The molecule has 3 atom stereocenters. The van der Waals surface area contributed by atoms with Gasteiger partial charge < -0.3 is 10.8 Å². The molecule has 3 unspecified atom stereocenters. The smallest absolute Gasteiger partial charge is 0.0842 e. The third kappa shape index (κ3) is 1.84. The number of fused-ring (bicyclic) bond motifs is 1. The zero-order chi connectivity index (χ0) is 12.5. The van der Waals surface area contributed by atoms with E-state index in [2.05, 4.69) is 6.07 Å². The Balaban J connectivity index is 1.88. The summed E-state index contributed by atoms with van der Waals surface area (Å²) in [5, 5.41) is 10.4. The van der Waals surface area contributed by atoms with Gasteiger partial charge in [-0.25, -0.2) is 0 Å². The molecule has 0 bridgehead atoms. The van der Waals surface area contributed by atoms with Gasteiger partial charge in [0.2, 0.25) is 0 Å². The maximum atomic E-state index is 10.4. The Morgan fingerprint density at radius 3 is 2.39 bits per heavy atom. The Labute approximate surface area is 107 Å². The van der Waals surface area contributed by atoms with E-state index in [-0.39, 0.29) is 12.0 Å². The molecule has 18 heavy (non-hydrogen) atoms. The van der Waals surface area contributed by atoms with Crippen LogP contribution in [0.25, 0.3) is 0 Å². The third-order valence-corrected chi connectivity index (χ3v) is 3.88. The van der Waals surface area contributed by atoms with Crippen LogP contribution in [-0.2, 0) is 6.42 Å². The molecule has 0 amide bonds. The fraction of sp³-hybridized carbons (Fsp3) is 0.250. The van der Waals surface area contributed by atoms with E-state index in [0.717, 1.165) is 17.5 Å². The molecule has 2 aromatic carbocycles. The van der Waals surface area contributed by atoms with E-state index in [4.69, 9.17) is 5.73 Å². The highest BCUT2D eigenvalue weighted by atomic mass is 16.3. The highest BCUT2D eigenvalue weighted by Gasteiger charge is 2.35. The Bertz CT molecular complexity index is 538. The standard InChI is InChI=1S/C16H17NO/c17-15(11-6-2-1-3-7-11)14-10-12-8-4-5-9-13(12)16(14)18/h1-9,14-16,18H,10,17H2. The summed E-state index contributed by atoms with van der Waals surface area (Å²) < 4.78 is 0. The van der Waals surface area contributed by atoms with Gasteiger partial charge in [-0.3, -0.25) is 0 Å². The highest BCUT2D eigenvalue weighted by molar-refractivity contribution is 5.36. The molecule has 0 fully saturated rings. The summed E-state index contributed by atoms with van der Waals surface area (Å²) >= 11 is 0. The molecule has 2 aromatic rings. The summed E-state index contributed by atoms with van der Waals surface area (Å²) in [6.07, 6.45) is 0.407. The van der Waals surface area contributed by atoms with Crippen molar-refractivity contribution in [2.24, 2.45) is 11.7 Å². The number of aliphatic hydroxyl groups is 1. The second-order valence-corrected chi connectivity index (χ2v) is 4.95. The fourth-order valence-electron chi connectivity index (χ4n) is 2.85. The molecule has 0 aromatic heterocycles. The van der Waals surface area contributed by atoms with Crippen molar-refractivity contribution in [3.8, 4) is 0 Å². The lowest BCUT2D eigenvalue weighted by molar-refractivity contribution is 0.108. The van der Waals surface area contributed by atoms with E-state index < -0.39 is 6.10 Å². The average molecular weight is 239 g/mol. The Morgan fingerprint density at radius 1 is 1.00 bits per heavy atom. The van der Waals surface area contributed by atoms with Gasteiger partial charge >= 0.3 is 0 Å². The van der Waals surface area contributed by atoms with Crippen molar-refractivity contribution in [1.29, 1.82) is 0 Å². The largest absolute Gasteiger partial charge is 0.388 e. The van der Waals surface area contributed by atoms with E-state index in [1.807, 2.05) is 48.5 Å². The summed E-state index contributed by atoms with van der Waals surface area (Å²) in [5.74, 6) is 0.0739. The van der Waals surface area contributed by atoms with Gasteiger partial charge in [0.15, 0.2) is 0 Å². The monoisotopic (exact) mass is 239 g/mol. The van der Waals surface area contributed by atoms with Crippen LogP contribution >= 0.6 is 0 Å². The molecule has 0 heterocycles. The predicted octanol–water partition coefficient (Wildman–Crippen LogP) is 2.59. The summed E-state index contributed by atoms with van der Waals surface area (Å²) in [4.78, 5) is 0. The van der Waals surface area contributed by atoms with Crippen LogP contribution in [-0.4, -0.2) is 5.11 Å². The van der Waals surface area contributed by atoms with Gasteiger partial charge in [-0.1, -0.05) is 54.6 Å². The number of benzene rings is 2. The average Bonchev–Trinajstić information content (AvgIpc) is 2.77. The Morgan fingerprint density at radius 2 is 1.67 bits per heavy atom. The van der Waals surface area contributed by atoms with Crippen LogP contribution in [0.4, 0.5) is 0 Å². The topological polar surface area (TPSA) is 46.2 Å². The molecule has 92 valence electrons. The van der Waals surface area contributed by atoms with Crippen LogP contribution in [0.2, 0.25) is 0 Å². The number of aliphatic hydroxyl groups excluding tert-OH is 1. The Hall–Kier alpha value is -1.64. The number of hydrogen-bond donors (Lipinski definition) is 2. The lowest BCUT2D eigenvalue weighted by Crippen LogP contribution is -2.24. The van der Waals surface area contributed by atoms with Gasteiger partial charge in [-0.05, 0) is 23.1 Å². The zero-order valence-electron chi connectivity index (χ0n) is 10.2. The lowest BCUT2D eigenvalue weighted by atomic mass is 9.90. The maximum absolute atomic E-state index is 10.4. The first-order valence-corrected chi connectivity index (χ1v) is 6.34. The highest BCUT2D eigenvalue weighted by Crippen LogP contribution is 2.41. The number of hydrogen-bond acceptors (Lipinski definition) is 2. The zero-order valence-corrected chi connectivity index (χ0v) is 10.2. The van der Waals surface area contributed by atoms with E-state index in [1.54, 1.807) is 0 Å². The van der Waals surface area contributed by atoms with E-state index in [1.165, 1.54) is 5.56 Å². The van der Waals surface area contributed by atoms with Crippen LogP contribution in [0, 0.1) is 5.92 Å². The van der Waals surface area contributed by atoms with Crippen molar-refractivity contribution >= 4 is 0 Å². The molecule has 1 aliphatic carbocycles. The molecular weight excluding hydrogens is 222 g/mol. The van der Waals surface area contributed by atoms with Crippen LogP contribution in [0.1, 0.15) is 28.8 Å². The third-order valence-electron chi connectivity index (χ3n) is 3.88. The first-order chi connectivity index (χ1) is 8.77. The summed E-state index contributed by atoms with van der Waals surface area (Å²) in [6.45, 7) is 0. The summed E-state index contributed by atoms with van der Waals surface area (Å²) in [5.41, 5.74) is 9.66. The molecule has 3 rings (SSSR count). The predicted molar refractivity (Wildman–Crippen MR) is 72.0 cm³/mol. The minimum atomic E-state index is -0.448. The van der Waals surface area contributed by atoms with E-state index >= 15 is 0 Å². The van der Waals surface area contributed by atoms with Crippen molar-refractivity contribution in [2.75, 3.05) is 0 Å². The second-order valence-electron chi connectivity index (χ2n) is 4.95. The van der Waals surface area contributed by atoms with Crippen LogP contribution < -0.4 is 5.73 Å². The van der Waals surface area contributed by atoms with Gasteiger partial charge in [0.1, 0.15) is 0 Å². The SMILES string of the molecule is NC(c1ccccc1)C1Cc2ccccc2C1O. The minimum Gasteiger partial charge on any atom is -0.388 e. The van der Waals surface area contributed by atoms with E-state index in [0.29, 0.717) is 0 Å². The molecule has 1 aliphatic rings. The fourth-order valence-corrected chi connectivity index (χ4v) is 2.85. The molecule has 2 heteroatoms. The first kappa shape index (κ1) is 11.5. The van der Waals surface area contributed by atoms with Gasteiger partial charge in [0.05, 0.1) is 6.10 Å². The Kier molecular flexibility index (Phi) is 2.90. The maximum Gasteiger partial charge on any atom is 0.0842 e. The molecule has 2 nitrogen and oxygen atoms in total. The van der Waals surface area contributed by atoms with Crippen molar-refractivity contribution in [3.05, 3.63) is 71.3 Å². The molecule has 3 N–H and O–H groups in total. The summed E-state index contributed by atoms with van der Waals surface area (Å²) in [6, 6.07) is 18.0. The van der Waals surface area contributed by atoms with Crippen molar-refractivity contribution in [3.63, 3.8) is 0 Å². The van der Waals surface area contributed by atoms with Gasteiger partial charge in [-0.15, -0.1) is 0 Å². The second kappa shape index (κ2) is 4.56. The molecule has 0 aliphatic heterocycles. The number of rotatable bonds is 2. The van der Waals surface area contributed by atoms with Crippen molar-refractivity contribution in [1.82, 2.24) is 0 Å². The van der Waals surface area contributed by atoms with Crippen LogP contribution in [0.5, 0.6) is 0 Å². The van der Waals surface area contributed by atoms with Crippen molar-refractivity contribution < 1.29 is 5.11 Å². The normalized spacial score (nSPS) is 23.7. The van der Waals surface area contributed by atoms with Crippen LogP contribution in [0.15, 0.2) is 54.6 Å². The van der Waals surface area contributed by atoms with E-state index in [9.17, 15) is 5.11 Å². The van der Waals surface area contributed by atoms with Gasteiger partial charge in [0, 0.05) is 12.0 Å². The van der Waals surface area contributed by atoms with Gasteiger partial charge in [-0.2, -0.15) is 0 Å². The molecule has 0 saturated heterocycles. The van der Waals surface area contributed by atoms with Gasteiger partial charge in [0.25, 0.3) is 0 Å². The first-order valence-electron chi connectivity index (χ1n) is 6.34. The molecule has 0 saturated carbocycles.